The highest BCUT2D eigenvalue weighted by Crippen LogP contribution is 2.51. The number of phenolic OH excluding ortho intramolecular Hbond substituents is 1. The average Bonchev–Trinajstić information content (AvgIpc) is 2.88. The molecule has 0 aromatic heterocycles. The Morgan fingerprint density at radius 2 is 1.94 bits per heavy atom. The van der Waals surface area contributed by atoms with Gasteiger partial charge in [0.2, 0.25) is 5.91 Å². The Morgan fingerprint density at radius 1 is 1.14 bits per heavy atom. The van der Waals surface area contributed by atoms with Crippen LogP contribution in [0.2, 0.25) is 0 Å². The molecule has 2 aromatic rings. The number of methoxy groups -OCH3 is 1. The predicted molar refractivity (Wildman–Crippen MR) is 141 cm³/mol. The maximum atomic E-state index is 13.2. The summed E-state index contributed by atoms with van der Waals surface area (Å²) in [5.41, 5.74) is 2.46. The molecule has 4 atom stereocenters. The standard InChI is InChI=1S/C30H42N2O3/c1-31-18-17-30(24-14-10-15-26(33)19-24)21-25(20-28(35-3)27(30)22-31)32(2)29(34)16-9-5-8-13-23-11-6-4-7-12-23/h4,6-7,10-12,14-15,19,25,27-28,33H,5,8-9,13,16-18,20-22H2,1-3H3/t25-,27+,28?,30+/m1/s1. The molecule has 1 aliphatic heterocycles. The van der Waals surface area contributed by atoms with Gasteiger partial charge in [0.25, 0.3) is 0 Å². The number of phenols is 1. The lowest BCUT2D eigenvalue weighted by molar-refractivity contribution is -0.137. The average molecular weight is 479 g/mol. The topological polar surface area (TPSA) is 53.0 Å². The number of likely N-dealkylation sites (tertiary alicyclic amines) is 1. The third kappa shape index (κ3) is 5.90. The van der Waals surface area contributed by atoms with Gasteiger partial charge >= 0.3 is 0 Å². The number of rotatable bonds is 9. The molecule has 2 aromatic carbocycles. The molecule has 2 fully saturated rings. The Morgan fingerprint density at radius 3 is 2.69 bits per heavy atom. The van der Waals surface area contributed by atoms with Crippen LogP contribution in [0.15, 0.2) is 54.6 Å². The second-order valence-corrected chi connectivity index (χ2v) is 10.7. The van der Waals surface area contributed by atoms with E-state index in [0.29, 0.717) is 18.1 Å². The summed E-state index contributed by atoms with van der Waals surface area (Å²) < 4.78 is 6.07. The van der Waals surface area contributed by atoms with Gasteiger partial charge in [0.15, 0.2) is 0 Å². The molecule has 1 N–H and O–H groups in total. The van der Waals surface area contributed by atoms with Gasteiger partial charge in [-0.2, -0.15) is 0 Å². The summed E-state index contributed by atoms with van der Waals surface area (Å²) >= 11 is 0. The number of ether oxygens (including phenoxy) is 1. The molecular weight excluding hydrogens is 436 g/mol. The van der Waals surface area contributed by atoms with Crippen molar-refractivity contribution in [1.82, 2.24) is 9.80 Å². The van der Waals surface area contributed by atoms with Crippen molar-refractivity contribution < 1.29 is 14.6 Å². The molecule has 35 heavy (non-hydrogen) atoms. The van der Waals surface area contributed by atoms with Crippen LogP contribution >= 0.6 is 0 Å². The quantitative estimate of drug-likeness (QED) is 0.514. The molecule has 5 heteroatoms. The summed E-state index contributed by atoms with van der Waals surface area (Å²) in [7, 11) is 5.97. The summed E-state index contributed by atoms with van der Waals surface area (Å²) in [4.78, 5) is 17.6. The zero-order chi connectivity index (χ0) is 24.8. The molecule has 0 bridgehead atoms. The first-order valence-corrected chi connectivity index (χ1v) is 13.2. The zero-order valence-corrected chi connectivity index (χ0v) is 21.7. The van der Waals surface area contributed by atoms with Crippen LogP contribution in [0.4, 0.5) is 0 Å². The highest BCUT2D eigenvalue weighted by molar-refractivity contribution is 5.76. The van der Waals surface area contributed by atoms with Gasteiger partial charge in [-0.15, -0.1) is 0 Å². The van der Waals surface area contributed by atoms with Gasteiger partial charge in [0.05, 0.1) is 6.10 Å². The Hall–Kier alpha value is -2.37. The van der Waals surface area contributed by atoms with E-state index in [1.54, 1.807) is 6.07 Å². The van der Waals surface area contributed by atoms with E-state index in [0.717, 1.165) is 58.0 Å². The smallest absolute Gasteiger partial charge is 0.222 e. The summed E-state index contributed by atoms with van der Waals surface area (Å²) in [6.45, 7) is 1.98. The number of amides is 1. The van der Waals surface area contributed by atoms with Crippen molar-refractivity contribution in [2.75, 3.05) is 34.3 Å². The van der Waals surface area contributed by atoms with Crippen LogP contribution in [0.25, 0.3) is 0 Å². The summed E-state index contributed by atoms with van der Waals surface area (Å²) in [5.74, 6) is 0.887. The number of hydrogen-bond donors (Lipinski definition) is 1. The Bertz CT molecular complexity index is 965. The largest absolute Gasteiger partial charge is 0.508 e. The molecule has 1 aliphatic carbocycles. The second-order valence-electron chi connectivity index (χ2n) is 10.7. The number of piperidine rings is 1. The molecule has 4 rings (SSSR count). The fraction of sp³-hybridized carbons (Fsp3) is 0.567. The minimum absolute atomic E-state index is 0.0833. The molecule has 5 nitrogen and oxygen atoms in total. The number of aromatic hydroxyl groups is 1. The van der Waals surface area contributed by atoms with Gasteiger partial charge in [-0.1, -0.05) is 48.9 Å². The summed E-state index contributed by atoms with van der Waals surface area (Å²) in [6.07, 6.45) is 7.68. The van der Waals surface area contributed by atoms with Gasteiger partial charge < -0.3 is 19.6 Å². The molecule has 190 valence electrons. The first-order chi connectivity index (χ1) is 16.9. The van der Waals surface area contributed by atoms with Crippen LogP contribution in [0.5, 0.6) is 5.75 Å². The molecule has 1 saturated heterocycles. The minimum Gasteiger partial charge on any atom is -0.508 e. The predicted octanol–water partition coefficient (Wildman–Crippen LogP) is 5.02. The highest BCUT2D eigenvalue weighted by Gasteiger charge is 2.53. The molecule has 1 heterocycles. The van der Waals surface area contributed by atoms with E-state index in [4.69, 9.17) is 4.74 Å². The lowest BCUT2D eigenvalue weighted by Gasteiger charge is -2.56. The van der Waals surface area contributed by atoms with Crippen LogP contribution in [0.3, 0.4) is 0 Å². The van der Waals surface area contributed by atoms with E-state index in [1.807, 2.05) is 31.2 Å². The van der Waals surface area contributed by atoms with Crippen molar-refractivity contribution in [2.24, 2.45) is 5.92 Å². The normalized spacial score (nSPS) is 26.8. The van der Waals surface area contributed by atoms with E-state index >= 15 is 0 Å². The molecule has 1 amide bonds. The van der Waals surface area contributed by atoms with Crippen LogP contribution in [0, 0.1) is 5.92 Å². The lowest BCUT2D eigenvalue weighted by atomic mass is 9.56. The lowest BCUT2D eigenvalue weighted by Crippen LogP contribution is -2.61. The van der Waals surface area contributed by atoms with Gasteiger partial charge in [0, 0.05) is 44.5 Å². The first kappa shape index (κ1) is 25.7. The monoisotopic (exact) mass is 478 g/mol. The number of fused-ring (bicyclic) bond motifs is 1. The Labute approximate surface area is 211 Å². The van der Waals surface area contributed by atoms with Gasteiger partial charge in [0.1, 0.15) is 5.75 Å². The number of aryl methyl sites for hydroxylation is 1. The highest BCUT2D eigenvalue weighted by atomic mass is 16.5. The van der Waals surface area contributed by atoms with Crippen molar-refractivity contribution in [3.05, 3.63) is 65.7 Å². The fourth-order valence-electron chi connectivity index (χ4n) is 6.49. The molecule has 1 unspecified atom stereocenters. The summed E-state index contributed by atoms with van der Waals surface area (Å²) in [6, 6.07) is 18.5. The molecule has 1 saturated carbocycles. The van der Waals surface area contributed by atoms with Crippen molar-refractivity contribution in [1.29, 1.82) is 0 Å². The number of carbonyl (C=O) groups is 1. The van der Waals surface area contributed by atoms with E-state index < -0.39 is 0 Å². The van der Waals surface area contributed by atoms with Crippen molar-refractivity contribution in [3.63, 3.8) is 0 Å². The Balaban J connectivity index is 1.42. The first-order valence-electron chi connectivity index (χ1n) is 13.2. The van der Waals surface area contributed by atoms with Crippen molar-refractivity contribution in [3.8, 4) is 5.75 Å². The van der Waals surface area contributed by atoms with Crippen LogP contribution < -0.4 is 0 Å². The number of hydrogen-bond acceptors (Lipinski definition) is 4. The van der Waals surface area contributed by atoms with Gasteiger partial charge in [-0.05, 0) is 75.4 Å². The maximum absolute atomic E-state index is 13.2. The minimum atomic E-state index is -0.0981. The number of unbranched alkanes of at least 4 members (excludes halogenated alkanes) is 2. The van der Waals surface area contributed by atoms with E-state index in [2.05, 4.69) is 48.3 Å². The van der Waals surface area contributed by atoms with Crippen LogP contribution in [-0.4, -0.2) is 67.3 Å². The van der Waals surface area contributed by atoms with E-state index in [-0.39, 0.29) is 23.5 Å². The molecule has 0 spiro atoms. The van der Waals surface area contributed by atoms with E-state index in [1.165, 1.54) is 11.1 Å². The molecule has 2 aliphatic rings. The number of benzene rings is 2. The summed E-state index contributed by atoms with van der Waals surface area (Å²) in [5, 5.41) is 10.3. The second kappa shape index (κ2) is 11.6. The SMILES string of the molecule is COC1C[C@@H](N(C)C(=O)CCCCCc2ccccc2)C[C@]2(c3cccc(O)c3)CCN(C)C[C@@H]12. The van der Waals surface area contributed by atoms with E-state index in [9.17, 15) is 9.90 Å². The van der Waals surface area contributed by atoms with Crippen molar-refractivity contribution >= 4 is 5.91 Å². The van der Waals surface area contributed by atoms with Crippen molar-refractivity contribution in [2.45, 2.75) is 68.9 Å². The number of carbonyl (C=O) groups excluding carboxylic acids is 1. The molecular formula is C30H42N2O3. The molecule has 0 radical (unpaired) electrons. The van der Waals surface area contributed by atoms with Gasteiger partial charge in [-0.3, -0.25) is 4.79 Å². The third-order valence-corrected chi connectivity index (χ3v) is 8.57. The Kier molecular flexibility index (Phi) is 8.51. The van der Waals surface area contributed by atoms with Crippen LogP contribution in [-0.2, 0) is 21.4 Å². The fourth-order valence-corrected chi connectivity index (χ4v) is 6.49. The van der Waals surface area contributed by atoms with Crippen LogP contribution in [0.1, 0.15) is 56.1 Å². The maximum Gasteiger partial charge on any atom is 0.222 e. The zero-order valence-electron chi connectivity index (χ0n) is 21.7. The van der Waals surface area contributed by atoms with Gasteiger partial charge in [-0.25, -0.2) is 0 Å². The number of nitrogens with zero attached hydrogens (tertiary/aromatic N) is 2. The third-order valence-electron chi connectivity index (χ3n) is 8.57.